The first-order chi connectivity index (χ1) is 8.02. The van der Waals surface area contributed by atoms with Gasteiger partial charge in [-0.3, -0.25) is 9.59 Å². The molecule has 1 aromatic carbocycles. The largest absolute Gasteiger partial charge is 0.469 e. The average molecular weight is 236 g/mol. The van der Waals surface area contributed by atoms with E-state index in [1.165, 1.54) is 19.2 Å². The zero-order valence-corrected chi connectivity index (χ0v) is 9.70. The Morgan fingerprint density at radius 2 is 1.88 bits per heavy atom. The number of hydrogen-bond donors (Lipinski definition) is 0. The highest BCUT2D eigenvalue weighted by atomic mass is 19.1. The van der Waals surface area contributed by atoms with Crippen LogP contribution in [0.25, 0.3) is 6.08 Å². The van der Waals surface area contributed by atoms with E-state index in [2.05, 4.69) is 4.74 Å². The molecule has 3 nitrogen and oxygen atoms in total. The van der Waals surface area contributed by atoms with Gasteiger partial charge in [0.1, 0.15) is 12.2 Å². The molecular formula is C13H13FO3. The zero-order valence-electron chi connectivity index (χ0n) is 9.70. The summed E-state index contributed by atoms with van der Waals surface area (Å²) in [6.45, 7) is 1.61. The molecule has 1 aromatic rings. The number of esters is 1. The van der Waals surface area contributed by atoms with Gasteiger partial charge in [0.05, 0.1) is 7.11 Å². The first kappa shape index (κ1) is 13.1. The molecule has 0 radical (unpaired) electrons. The monoisotopic (exact) mass is 236 g/mol. The smallest absolute Gasteiger partial charge is 0.313 e. The van der Waals surface area contributed by atoms with E-state index in [1.807, 2.05) is 0 Å². The molecule has 4 heteroatoms. The molecule has 0 aromatic heterocycles. The van der Waals surface area contributed by atoms with E-state index in [1.54, 1.807) is 25.1 Å². The molecule has 0 bridgehead atoms. The lowest BCUT2D eigenvalue weighted by Crippen LogP contribution is -2.09. The van der Waals surface area contributed by atoms with Crippen LogP contribution in [0.4, 0.5) is 4.39 Å². The summed E-state index contributed by atoms with van der Waals surface area (Å²) in [5, 5.41) is 0. The van der Waals surface area contributed by atoms with E-state index >= 15 is 0 Å². The molecule has 90 valence electrons. The SMILES string of the molecule is COC(=O)CC(=O)/C(C)=C/c1ccc(F)cc1. The number of ketones is 1. The Hall–Kier alpha value is -1.97. The Bertz CT molecular complexity index is 446. The van der Waals surface area contributed by atoms with Gasteiger partial charge in [0.15, 0.2) is 5.78 Å². The van der Waals surface area contributed by atoms with Gasteiger partial charge in [-0.05, 0) is 36.3 Å². The first-order valence-corrected chi connectivity index (χ1v) is 5.07. The van der Waals surface area contributed by atoms with Gasteiger partial charge in [-0.15, -0.1) is 0 Å². The Labute approximate surface area is 98.9 Å². The molecule has 0 saturated carbocycles. The highest BCUT2D eigenvalue weighted by molar-refractivity contribution is 6.07. The Kier molecular flexibility index (Phi) is 4.57. The average Bonchev–Trinajstić information content (AvgIpc) is 2.31. The third kappa shape index (κ3) is 4.18. The minimum absolute atomic E-state index is 0.278. The molecule has 0 spiro atoms. The molecule has 0 atom stereocenters. The van der Waals surface area contributed by atoms with Gasteiger partial charge in [-0.1, -0.05) is 12.1 Å². The lowest BCUT2D eigenvalue weighted by Gasteiger charge is -2.00. The number of carbonyl (C=O) groups excluding carboxylic acids is 2. The second kappa shape index (κ2) is 5.94. The molecule has 0 unspecified atom stereocenters. The molecule has 0 amide bonds. The number of hydrogen-bond acceptors (Lipinski definition) is 3. The molecule has 0 fully saturated rings. The number of halogens is 1. The van der Waals surface area contributed by atoms with Crippen molar-refractivity contribution >= 4 is 17.8 Å². The van der Waals surface area contributed by atoms with Crippen molar-refractivity contribution in [2.24, 2.45) is 0 Å². The van der Waals surface area contributed by atoms with E-state index < -0.39 is 5.97 Å². The van der Waals surface area contributed by atoms with Gasteiger partial charge in [0.2, 0.25) is 0 Å². The van der Waals surface area contributed by atoms with Crippen LogP contribution >= 0.6 is 0 Å². The summed E-state index contributed by atoms with van der Waals surface area (Å²) >= 11 is 0. The molecule has 0 N–H and O–H groups in total. The van der Waals surface area contributed by atoms with Crippen LogP contribution in [0.15, 0.2) is 29.8 Å². The minimum Gasteiger partial charge on any atom is -0.469 e. The fraction of sp³-hybridized carbons (Fsp3) is 0.231. The van der Waals surface area contributed by atoms with Crippen molar-refractivity contribution in [2.75, 3.05) is 7.11 Å². The number of rotatable bonds is 4. The maximum atomic E-state index is 12.7. The van der Waals surface area contributed by atoms with E-state index in [9.17, 15) is 14.0 Å². The van der Waals surface area contributed by atoms with Crippen molar-refractivity contribution in [1.82, 2.24) is 0 Å². The molecule has 0 aliphatic carbocycles. The first-order valence-electron chi connectivity index (χ1n) is 5.07. The van der Waals surface area contributed by atoms with E-state index in [0.29, 0.717) is 11.1 Å². The van der Waals surface area contributed by atoms with Crippen molar-refractivity contribution in [3.05, 3.63) is 41.2 Å². The van der Waals surface area contributed by atoms with Crippen LogP contribution in [0.1, 0.15) is 18.9 Å². The molecule has 0 heterocycles. The summed E-state index contributed by atoms with van der Waals surface area (Å²) in [4.78, 5) is 22.4. The quantitative estimate of drug-likeness (QED) is 0.458. The van der Waals surface area contributed by atoms with Gasteiger partial charge in [0.25, 0.3) is 0 Å². The van der Waals surface area contributed by atoms with E-state index in [4.69, 9.17) is 0 Å². The predicted octanol–water partition coefficient (Wildman–Crippen LogP) is 2.36. The molecular weight excluding hydrogens is 223 g/mol. The third-order valence-electron chi connectivity index (χ3n) is 2.23. The van der Waals surface area contributed by atoms with Gasteiger partial charge in [-0.25, -0.2) is 4.39 Å². The highest BCUT2D eigenvalue weighted by Gasteiger charge is 2.11. The summed E-state index contributed by atoms with van der Waals surface area (Å²) in [5.41, 5.74) is 1.14. The van der Waals surface area contributed by atoms with Crippen LogP contribution in [0.3, 0.4) is 0 Å². The standard InChI is InChI=1S/C13H13FO3/c1-9(12(15)8-13(16)17-2)7-10-3-5-11(14)6-4-10/h3-7H,8H2,1-2H3/b9-7+. The number of benzene rings is 1. The van der Waals surface area contributed by atoms with Crippen LogP contribution in [-0.2, 0) is 14.3 Å². The summed E-state index contributed by atoms with van der Waals surface area (Å²) in [6.07, 6.45) is 1.32. The number of methoxy groups -OCH3 is 1. The Morgan fingerprint density at radius 3 is 2.41 bits per heavy atom. The normalized spacial score (nSPS) is 11.1. The van der Waals surface area contributed by atoms with Crippen LogP contribution < -0.4 is 0 Å². The summed E-state index contributed by atoms with van der Waals surface area (Å²) in [5.74, 6) is -1.20. The van der Waals surface area contributed by atoms with Crippen molar-refractivity contribution in [1.29, 1.82) is 0 Å². The van der Waals surface area contributed by atoms with E-state index in [0.717, 1.165) is 0 Å². The van der Waals surface area contributed by atoms with Crippen LogP contribution in [0.5, 0.6) is 0 Å². The highest BCUT2D eigenvalue weighted by Crippen LogP contribution is 2.10. The van der Waals surface area contributed by atoms with E-state index in [-0.39, 0.29) is 18.0 Å². The van der Waals surface area contributed by atoms with Gasteiger partial charge in [-0.2, -0.15) is 0 Å². The van der Waals surface area contributed by atoms with Crippen LogP contribution in [-0.4, -0.2) is 18.9 Å². The second-order valence-electron chi connectivity index (χ2n) is 3.55. The van der Waals surface area contributed by atoms with Gasteiger partial charge >= 0.3 is 5.97 Å². The zero-order chi connectivity index (χ0) is 12.8. The minimum atomic E-state index is -0.568. The van der Waals surface area contributed by atoms with Crippen molar-refractivity contribution in [3.8, 4) is 0 Å². The Morgan fingerprint density at radius 1 is 1.29 bits per heavy atom. The van der Waals surface area contributed by atoms with Crippen molar-refractivity contribution < 1.29 is 18.7 Å². The summed E-state index contributed by atoms with van der Waals surface area (Å²) < 4.78 is 17.1. The molecule has 17 heavy (non-hydrogen) atoms. The number of allylic oxidation sites excluding steroid dienone is 1. The van der Waals surface area contributed by atoms with Gasteiger partial charge < -0.3 is 4.74 Å². The summed E-state index contributed by atoms with van der Waals surface area (Å²) in [7, 11) is 1.23. The van der Waals surface area contributed by atoms with Crippen molar-refractivity contribution in [2.45, 2.75) is 13.3 Å². The Balaban J connectivity index is 2.75. The fourth-order valence-corrected chi connectivity index (χ4v) is 1.23. The van der Waals surface area contributed by atoms with Crippen molar-refractivity contribution in [3.63, 3.8) is 0 Å². The number of carbonyl (C=O) groups is 2. The number of ether oxygens (including phenoxy) is 1. The molecule has 0 saturated heterocycles. The maximum absolute atomic E-state index is 12.7. The number of Topliss-reactive ketones (excluding diaryl/α,β-unsaturated/α-hetero) is 1. The summed E-state index contributed by atoms with van der Waals surface area (Å²) in [6, 6.07) is 5.74. The lowest BCUT2D eigenvalue weighted by atomic mass is 10.1. The van der Waals surface area contributed by atoms with Crippen LogP contribution in [0.2, 0.25) is 0 Å². The predicted molar refractivity (Wildman–Crippen MR) is 61.7 cm³/mol. The lowest BCUT2D eigenvalue weighted by molar-refractivity contribution is -0.142. The topological polar surface area (TPSA) is 43.4 Å². The maximum Gasteiger partial charge on any atom is 0.313 e. The second-order valence-corrected chi connectivity index (χ2v) is 3.55. The molecule has 0 aliphatic heterocycles. The fourth-order valence-electron chi connectivity index (χ4n) is 1.23. The molecule has 1 rings (SSSR count). The third-order valence-corrected chi connectivity index (χ3v) is 2.23. The van der Waals surface area contributed by atoms with Crippen LogP contribution in [0, 0.1) is 5.82 Å². The molecule has 0 aliphatic rings. The van der Waals surface area contributed by atoms with Gasteiger partial charge in [0, 0.05) is 0 Å².